The summed E-state index contributed by atoms with van der Waals surface area (Å²) >= 11 is 5.64. The molecule has 4 nitrogen and oxygen atoms in total. The van der Waals surface area contributed by atoms with Crippen LogP contribution in [-0.4, -0.2) is 34.6 Å². The molecule has 1 aromatic heterocycles. The first-order chi connectivity index (χ1) is 8.76. The van der Waals surface area contributed by atoms with Gasteiger partial charge in [0.05, 0.1) is 0 Å². The fourth-order valence-corrected chi connectivity index (χ4v) is 1.97. The first kappa shape index (κ1) is 13.9. The van der Waals surface area contributed by atoms with E-state index in [0.29, 0.717) is 12.8 Å². The molecule has 0 aromatic carbocycles. The van der Waals surface area contributed by atoms with Gasteiger partial charge in [-0.15, -0.1) is 0 Å². The standard InChI is InChI=1S/C11H11ClF3N3O/c12-8-3-6(4-9(16)17-8)10(19)18(7-1-2-7)5-11(13,14)15/h3-4,7H,1-2,5H2,(H2,16,17). The number of nitrogens with zero attached hydrogens (tertiary/aromatic N) is 2. The van der Waals surface area contributed by atoms with Gasteiger partial charge >= 0.3 is 6.18 Å². The molecule has 0 saturated heterocycles. The Kier molecular flexibility index (Phi) is 3.58. The summed E-state index contributed by atoms with van der Waals surface area (Å²) in [6, 6.07) is 2.08. The van der Waals surface area contributed by atoms with Crippen LogP contribution in [0.1, 0.15) is 23.2 Å². The van der Waals surface area contributed by atoms with Gasteiger partial charge in [0.1, 0.15) is 17.5 Å². The Labute approximate surface area is 112 Å². The minimum absolute atomic E-state index is 0.00129. The summed E-state index contributed by atoms with van der Waals surface area (Å²) in [6.07, 6.45) is -3.27. The van der Waals surface area contributed by atoms with E-state index in [2.05, 4.69) is 4.98 Å². The third kappa shape index (κ3) is 3.73. The van der Waals surface area contributed by atoms with Gasteiger partial charge in [-0.3, -0.25) is 4.79 Å². The van der Waals surface area contributed by atoms with Crippen LogP contribution >= 0.6 is 11.6 Å². The molecule has 0 radical (unpaired) electrons. The van der Waals surface area contributed by atoms with Crippen molar-refractivity contribution in [1.29, 1.82) is 0 Å². The lowest BCUT2D eigenvalue weighted by Crippen LogP contribution is -2.40. The Hall–Kier alpha value is -1.50. The topological polar surface area (TPSA) is 59.2 Å². The highest BCUT2D eigenvalue weighted by molar-refractivity contribution is 6.29. The first-order valence-electron chi connectivity index (χ1n) is 5.57. The van der Waals surface area contributed by atoms with Gasteiger partial charge < -0.3 is 10.6 Å². The van der Waals surface area contributed by atoms with E-state index in [0.717, 1.165) is 4.90 Å². The van der Waals surface area contributed by atoms with Gasteiger partial charge in [0.25, 0.3) is 5.91 Å². The molecule has 19 heavy (non-hydrogen) atoms. The highest BCUT2D eigenvalue weighted by atomic mass is 35.5. The number of pyridine rings is 1. The van der Waals surface area contributed by atoms with Crippen molar-refractivity contribution in [3.63, 3.8) is 0 Å². The molecule has 0 aliphatic heterocycles. The average molecular weight is 294 g/mol. The minimum atomic E-state index is -4.43. The van der Waals surface area contributed by atoms with E-state index >= 15 is 0 Å². The molecule has 104 valence electrons. The summed E-state index contributed by atoms with van der Waals surface area (Å²) in [5, 5.41) is -0.0221. The average Bonchev–Trinajstić information content (AvgIpc) is 3.06. The van der Waals surface area contributed by atoms with Gasteiger partial charge in [-0.1, -0.05) is 11.6 Å². The van der Waals surface area contributed by atoms with E-state index in [-0.39, 0.29) is 22.6 Å². The van der Waals surface area contributed by atoms with Crippen LogP contribution in [0.5, 0.6) is 0 Å². The van der Waals surface area contributed by atoms with Crippen LogP contribution in [0.25, 0.3) is 0 Å². The fraction of sp³-hybridized carbons (Fsp3) is 0.455. The predicted octanol–water partition coefficient (Wildman–Crippen LogP) is 2.48. The zero-order valence-electron chi connectivity index (χ0n) is 9.75. The summed E-state index contributed by atoms with van der Waals surface area (Å²) in [5.41, 5.74) is 5.45. The Morgan fingerprint density at radius 1 is 1.47 bits per heavy atom. The van der Waals surface area contributed by atoms with Crippen LogP contribution in [0.2, 0.25) is 5.15 Å². The molecule has 1 heterocycles. The maximum absolute atomic E-state index is 12.5. The van der Waals surface area contributed by atoms with Crippen LogP contribution < -0.4 is 5.73 Å². The Morgan fingerprint density at radius 3 is 2.58 bits per heavy atom. The Balaban J connectivity index is 2.24. The molecule has 1 aromatic rings. The van der Waals surface area contributed by atoms with Crippen molar-refractivity contribution in [3.05, 3.63) is 22.8 Å². The molecular weight excluding hydrogens is 283 g/mol. The quantitative estimate of drug-likeness (QED) is 0.871. The zero-order chi connectivity index (χ0) is 14.2. The monoisotopic (exact) mass is 293 g/mol. The number of anilines is 1. The fourth-order valence-electron chi connectivity index (χ4n) is 1.75. The van der Waals surface area contributed by atoms with E-state index in [4.69, 9.17) is 17.3 Å². The Morgan fingerprint density at radius 2 is 2.11 bits per heavy atom. The number of nitrogens with two attached hydrogens (primary N) is 1. The highest BCUT2D eigenvalue weighted by Gasteiger charge is 2.40. The van der Waals surface area contributed by atoms with Crippen molar-refractivity contribution < 1.29 is 18.0 Å². The number of rotatable bonds is 3. The van der Waals surface area contributed by atoms with E-state index in [1.165, 1.54) is 12.1 Å². The van der Waals surface area contributed by atoms with Gasteiger partial charge in [0.2, 0.25) is 0 Å². The molecule has 2 rings (SSSR count). The summed E-state index contributed by atoms with van der Waals surface area (Å²) in [4.78, 5) is 16.6. The number of alkyl halides is 3. The molecular formula is C11H11ClF3N3O. The van der Waals surface area contributed by atoms with Crippen molar-refractivity contribution in [2.24, 2.45) is 0 Å². The summed E-state index contributed by atoms with van der Waals surface area (Å²) in [5.74, 6) is -0.727. The van der Waals surface area contributed by atoms with Crippen LogP contribution in [0.15, 0.2) is 12.1 Å². The third-order valence-corrected chi connectivity index (χ3v) is 2.85. The zero-order valence-corrected chi connectivity index (χ0v) is 10.5. The molecule has 1 fully saturated rings. The number of halogens is 4. The number of hydrogen-bond donors (Lipinski definition) is 1. The molecule has 2 N–H and O–H groups in total. The van der Waals surface area contributed by atoms with Gasteiger partial charge in [-0.2, -0.15) is 13.2 Å². The largest absolute Gasteiger partial charge is 0.406 e. The number of aromatic nitrogens is 1. The van der Waals surface area contributed by atoms with Gasteiger partial charge in [-0.25, -0.2) is 4.98 Å². The molecule has 0 bridgehead atoms. The lowest BCUT2D eigenvalue weighted by molar-refractivity contribution is -0.141. The second kappa shape index (κ2) is 4.88. The number of carbonyl (C=O) groups excluding carboxylic acids is 1. The molecule has 1 aliphatic carbocycles. The van der Waals surface area contributed by atoms with Crippen molar-refractivity contribution in [2.75, 3.05) is 12.3 Å². The SMILES string of the molecule is Nc1cc(C(=O)N(CC(F)(F)F)C2CC2)cc(Cl)n1. The molecule has 0 unspecified atom stereocenters. The molecule has 8 heteroatoms. The second-order valence-electron chi connectivity index (χ2n) is 4.38. The predicted molar refractivity (Wildman–Crippen MR) is 63.8 cm³/mol. The number of nitrogen functional groups attached to an aromatic ring is 1. The Bertz CT molecular complexity index is 482. The molecule has 1 aliphatic rings. The lowest BCUT2D eigenvalue weighted by Gasteiger charge is -2.23. The summed E-state index contributed by atoms with van der Waals surface area (Å²) in [6.45, 7) is -1.27. The molecule has 0 atom stereocenters. The summed E-state index contributed by atoms with van der Waals surface area (Å²) < 4.78 is 37.4. The van der Waals surface area contributed by atoms with E-state index < -0.39 is 18.6 Å². The van der Waals surface area contributed by atoms with E-state index in [9.17, 15) is 18.0 Å². The number of hydrogen-bond acceptors (Lipinski definition) is 3. The van der Waals surface area contributed by atoms with Crippen LogP contribution in [-0.2, 0) is 0 Å². The van der Waals surface area contributed by atoms with Crippen LogP contribution in [0, 0.1) is 0 Å². The van der Waals surface area contributed by atoms with E-state index in [1.54, 1.807) is 0 Å². The lowest BCUT2D eigenvalue weighted by atomic mass is 10.2. The molecule has 1 saturated carbocycles. The van der Waals surface area contributed by atoms with Crippen LogP contribution in [0.3, 0.4) is 0 Å². The maximum atomic E-state index is 12.5. The van der Waals surface area contributed by atoms with Crippen molar-refractivity contribution >= 4 is 23.3 Å². The van der Waals surface area contributed by atoms with E-state index in [1.807, 2.05) is 0 Å². The second-order valence-corrected chi connectivity index (χ2v) is 4.77. The van der Waals surface area contributed by atoms with Gasteiger partial charge in [0, 0.05) is 11.6 Å². The number of amides is 1. The molecule has 1 amide bonds. The number of carbonyl (C=O) groups is 1. The highest BCUT2D eigenvalue weighted by Crippen LogP contribution is 2.31. The van der Waals surface area contributed by atoms with Crippen molar-refractivity contribution in [1.82, 2.24) is 9.88 Å². The van der Waals surface area contributed by atoms with Crippen molar-refractivity contribution in [2.45, 2.75) is 25.1 Å². The normalized spacial score (nSPS) is 15.4. The minimum Gasteiger partial charge on any atom is -0.384 e. The smallest absolute Gasteiger partial charge is 0.384 e. The first-order valence-corrected chi connectivity index (χ1v) is 5.95. The van der Waals surface area contributed by atoms with Gasteiger partial charge in [-0.05, 0) is 25.0 Å². The van der Waals surface area contributed by atoms with Crippen molar-refractivity contribution in [3.8, 4) is 0 Å². The van der Waals surface area contributed by atoms with Gasteiger partial charge in [0.15, 0.2) is 0 Å². The molecule has 0 spiro atoms. The summed E-state index contributed by atoms with van der Waals surface area (Å²) in [7, 11) is 0. The van der Waals surface area contributed by atoms with Crippen LogP contribution in [0.4, 0.5) is 19.0 Å². The maximum Gasteiger partial charge on any atom is 0.406 e. The third-order valence-electron chi connectivity index (χ3n) is 2.66.